The highest BCUT2D eigenvalue weighted by atomic mass is 16.5. The van der Waals surface area contributed by atoms with E-state index in [0.29, 0.717) is 6.10 Å². The average molecular weight is 241 g/mol. The first-order valence-corrected chi connectivity index (χ1v) is 6.64. The predicted molar refractivity (Wildman–Crippen MR) is 71.4 cm³/mol. The Morgan fingerprint density at radius 2 is 2.24 bits per heavy atom. The zero-order valence-corrected chi connectivity index (χ0v) is 11.5. The van der Waals surface area contributed by atoms with Crippen molar-refractivity contribution in [3.05, 3.63) is 0 Å². The van der Waals surface area contributed by atoms with Crippen molar-refractivity contribution in [2.24, 2.45) is 11.1 Å². The predicted octanol–water partition coefficient (Wildman–Crippen LogP) is 1.84. The monoisotopic (exact) mass is 241 g/mol. The van der Waals surface area contributed by atoms with Crippen LogP contribution in [0.4, 0.5) is 0 Å². The molecule has 0 aromatic rings. The molecule has 100 valence electrons. The third kappa shape index (κ3) is 4.64. The number of hydrogen-bond donors (Lipinski definition) is 2. The van der Waals surface area contributed by atoms with E-state index in [1.165, 1.54) is 12.8 Å². The second-order valence-corrected chi connectivity index (χ2v) is 5.57. The van der Waals surface area contributed by atoms with E-state index in [2.05, 4.69) is 11.8 Å². The zero-order valence-electron chi connectivity index (χ0n) is 11.5. The molecule has 0 saturated carbocycles. The molecule has 0 radical (unpaired) electrons. The van der Waals surface area contributed by atoms with Gasteiger partial charge in [-0.15, -0.1) is 0 Å². The molecule has 1 fully saturated rings. The smallest absolute Gasteiger partial charge is 0.0963 e. The molecule has 0 aliphatic carbocycles. The van der Waals surface area contributed by atoms with Crippen molar-refractivity contribution in [1.82, 2.24) is 4.90 Å². The van der Waals surface area contributed by atoms with E-state index in [1.807, 2.05) is 13.8 Å². The van der Waals surface area contributed by atoms with Crippen LogP contribution in [0.1, 0.15) is 40.0 Å². The molecular formula is C13H27N3O. The molecule has 1 saturated heterocycles. The summed E-state index contributed by atoms with van der Waals surface area (Å²) in [6.45, 7) is 10.1. The van der Waals surface area contributed by atoms with E-state index in [1.54, 1.807) is 0 Å². The lowest BCUT2D eigenvalue weighted by molar-refractivity contribution is 0.00427. The van der Waals surface area contributed by atoms with Crippen LogP contribution in [-0.4, -0.2) is 43.1 Å². The van der Waals surface area contributed by atoms with Gasteiger partial charge in [-0.25, -0.2) is 0 Å². The van der Waals surface area contributed by atoms with Crippen molar-refractivity contribution in [2.75, 3.05) is 26.2 Å². The number of piperidine rings is 1. The van der Waals surface area contributed by atoms with Crippen molar-refractivity contribution >= 4 is 5.84 Å². The highest BCUT2D eigenvalue weighted by Crippen LogP contribution is 2.22. The molecule has 0 aromatic carbocycles. The molecule has 3 N–H and O–H groups in total. The molecule has 1 rings (SSSR count). The van der Waals surface area contributed by atoms with Gasteiger partial charge >= 0.3 is 0 Å². The summed E-state index contributed by atoms with van der Waals surface area (Å²) in [6, 6.07) is 0. The maximum absolute atomic E-state index is 7.55. The van der Waals surface area contributed by atoms with Crippen LogP contribution in [0.15, 0.2) is 0 Å². The molecule has 4 nitrogen and oxygen atoms in total. The molecule has 1 atom stereocenters. The maximum atomic E-state index is 7.55. The maximum Gasteiger partial charge on any atom is 0.0963 e. The summed E-state index contributed by atoms with van der Waals surface area (Å²) in [5.41, 5.74) is 5.42. The van der Waals surface area contributed by atoms with Crippen molar-refractivity contribution in [2.45, 2.75) is 46.1 Å². The number of nitrogens with two attached hydrogens (primary N) is 1. The number of likely N-dealkylation sites (tertiary alicyclic amines) is 1. The standard InChI is InChI=1S/C13H27N3O/c1-4-17-11-6-5-8-16(10-11)9-7-13(2,3)12(14)15/h11H,4-10H2,1-3H3,(H3,14,15). The van der Waals surface area contributed by atoms with E-state index in [0.717, 1.165) is 32.7 Å². The van der Waals surface area contributed by atoms with Crippen LogP contribution in [0.5, 0.6) is 0 Å². The van der Waals surface area contributed by atoms with Crippen LogP contribution >= 0.6 is 0 Å². The van der Waals surface area contributed by atoms with Gasteiger partial charge in [0, 0.05) is 18.6 Å². The lowest BCUT2D eigenvalue weighted by Gasteiger charge is -2.34. The second kappa shape index (κ2) is 6.36. The van der Waals surface area contributed by atoms with E-state index in [4.69, 9.17) is 15.9 Å². The molecule has 0 spiro atoms. The summed E-state index contributed by atoms with van der Waals surface area (Å²) in [4.78, 5) is 2.44. The molecule has 1 aliphatic heterocycles. The molecule has 0 bridgehead atoms. The molecule has 1 heterocycles. The van der Waals surface area contributed by atoms with Gasteiger partial charge in [-0.3, -0.25) is 5.41 Å². The Morgan fingerprint density at radius 1 is 1.53 bits per heavy atom. The zero-order chi connectivity index (χ0) is 12.9. The van der Waals surface area contributed by atoms with Gasteiger partial charge in [-0.1, -0.05) is 13.8 Å². The normalized spacial score (nSPS) is 22.6. The first-order chi connectivity index (χ1) is 7.95. The fourth-order valence-electron chi connectivity index (χ4n) is 2.16. The van der Waals surface area contributed by atoms with Crippen molar-refractivity contribution in [3.63, 3.8) is 0 Å². The SMILES string of the molecule is CCOC1CCCN(CCC(C)(C)C(=N)N)C1. The van der Waals surface area contributed by atoms with Crippen LogP contribution in [-0.2, 0) is 4.74 Å². The quantitative estimate of drug-likeness (QED) is 0.551. The summed E-state index contributed by atoms with van der Waals surface area (Å²) in [6.07, 6.45) is 3.74. The fourth-order valence-corrected chi connectivity index (χ4v) is 2.16. The van der Waals surface area contributed by atoms with Crippen LogP contribution in [0.3, 0.4) is 0 Å². The highest BCUT2D eigenvalue weighted by Gasteiger charge is 2.25. The van der Waals surface area contributed by atoms with Gasteiger partial charge in [0.1, 0.15) is 0 Å². The number of ether oxygens (including phenoxy) is 1. The summed E-state index contributed by atoms with van der Waals surface area (Å²) < 4.78 is 5.68. The molecule has 17 heavy (non-hydrogen) atoms. The molecule has 4 heteroatoms. The number of amidine groups is 1. The Hall–Kier alpha value is -0.610. The Labute approximate surface area is 105 Å². The lowest BCUT2D eigenvalue weighted by Crippen LogP contribution is -2.42. The van der Waals surface area contributed by atoms with Gasteiger partial charge in [-0.05, 0) is 39.3 Å². The fraction of sp³-hybridized carbons (Fsp3) is 0.923. The van der Waals surface area contributed by atoms with Gasteiger partial charge in [0.2, 0.25) is 0 Å². The molecule has 1 aliphatic rings. The van der Waals surface area contributed by atoms with Gasteiger partial charge < -0.3 is 15.4 Å². The number of hydrogen-bond acceptors (Lipinski definition) is 3. The first-order valence-electron chi connectivity index (χ1n) is 6.64. The molecule has 0 amide bonds. The summed E-state index contributed by atoms with van der Waals surface area (Å²) in [5.74, 6) is 0.288. The van der Waals surface area contributed by atoms with E-state index in [-0.39, 0.29) is 11.3 Å². The molecule has 0 aromatic heterocycles. The number of nitrogens with one attached hydrogen (secondary N) is 1. The Balaban J connectivity index is 2.34. The second-order valence-electron chi connectivity index (χ2n) is 5.57. The van der Waals surface area contributed by atoms with E-state index in [9.17, 15) is 0 Å². The van der Waals surface area contributed by atoms with Gasteiger partial charge in [0.25, 0.3) is 0 Å². The Morgan fingerprint density at radius 3 is 2.82 bits per heavy atom. The highest BCUT2D eigenvalue weighted by molar-refractivity contribution is 5.82. The topological polar surface area (TPSA) is 62.3 Å². The van der Waals surface area contributed by atoms with Crippen LogP contribution in [0.2, 0.25) is 0 Å². The minimum Gasteiger partial charge on any atom is -0.387 e. The van der Waals surface area contributed by atoms with Crippen LogP contribution in [0.25, 0.3) is 0 Å². The van der Waals surface area contributed by atoms with Crippen molar-refractivity contribution in [1.29, 1.82) is 5.41 Å². The third-order valence-corrected chi connectivity index (χ3v) is 3.65. The number of nitrogens with zero attached hydrogens (tertiary/aromatic N) is 1. The Bertz CT molecular complexity index is 251. The van der Waals surface area contributed by atoms with Gasteiger partial charge in [-0.2, -0.15) is 0 Å². The Kier molecular flexibility index (Phi) is 5.40. The van der Waals surface area contributed by atoms with E-state index < -0.39 is 0 Å². The van der Waals surface area contributed by atoms with Crippen molar-refractivity contribution in [3.8, 4) is 0 Å². The van der Waals surface area contributed by atoms with Crippen LogP contribution < -0.4 is 5.73 Å². The largest absolute Gasteiger partial charge is 0.387 e. The molecule has 1 unspecified atom stereocenters. The number of rotatable bonds is 6. The third-order valence-electron chi connectivity index (χ3n) is 3.65. The average Bonchev–Trinajstić information content (AvgIpc) is 2.27. The minimum atomic E-state index is -0.182. The first kappa shape index (κ1) is 14.5. The van der Waals surface area contributed by atoms with Crippen molar-refractivity contribution < 1.29 is 4.74 Å². The summed E-state index contributed by atoms with van der Waals surface area (Å²) in [5, 5.41) is 7.55. The minimum absolute atomic E-state index is 0.182. The van der Waals surface area contributed by atoms with Gasteiger partial charge in [0.05, 0.1) is 11.9 Å². The van der Waals surface area contributed by atoms with E-state index >= 15 is 0 Å². The van der Waals surface area contributed by atoms with Gasteiger partial charge in [0.15, 0.2) is 0 Å². The summed E-state index contributed by atoms with van der Waals surface area (Å²) in [7, 11) is 0. The molecular weight excluding hydrogens is 214 g/mol. The summed E-state index contributed by atoms with van der Waals surface area (Å²) >= 11 is 0. The lowest BCUT2D eigenvalue weighted by atomic mass is 9.87. The van der Waals surface area contributed by atoms with Crippen LogP contribution in [0, 0.1) is 10.8 Å².